The van der Waals surface area contributed by atoms with Gasteiger partial charge in [-0.1, -0.05) is 12.8 Å². The van der Waals surface area contributed by atoms with Gasteiger partial charge in [-0.15, -0.1) is 0 Å². The number of nitrogens with zero attached hydrogens (tertiary/aromatic N) is 1. The van der Waals surface area contributed by atoms with Crippen molar-refractivity contribution in [1.82, 2.24) is 10.2 Å². The lowest BCUT2D eigenvalue weighted by atomic mass is 10.1. The van der Waals surface area contributed by atoms with Crippen molar-refractivity contribution in [3.8, 4) is 0 Å². The van der Waals surface area contributed by atoms with Crippen molar-refractivity contribution >= 4 is 11.7 Å². The van der Waals surface area contributed by atoms with Crippen LogP contribution >= 0.6 is 0 Å². The molecule has 1 saturated carbocycles. The summed E-state index contributed by atoms with van der Waals surface area (Å²) in [5.41, 5.74) is 0. The average Bonchev–Trinajstić information content (AvgIpc) is 2.82. The average molecular weight is 238 g/mol. The molecule has 0 aromatic heterocycles. The molecule has 17 heavy (non-hydrogen) atoms. The van der Waals surface area contributed by atoms with E-state index in [-0.39, 0.29) is 11.9 Å². The molecule has 4 heteroatoms. The summed E-state index contributed by atoms with van der Waals surface area (Å²) in [7, 11) is 0. The molecular formula is C13H22N2O2. The summed E-state index contributed by atoms with van der Waals surface area (Å²) in [5, 5.41) is 3.12. The summed E-state index contributed by atoms with van der Waals surface area (Å²) in [6, 6.07) is 0.292. The van der Waals surface area contributed by atoms with Crippen LogP contribution in [0.15, 0.2) is 0 Å². The van der Waals surface area contributed by atoms with Crippen LogP contribution in [-0.4, -0.2) is 41.8 Å². The largest absolute Gasteiger partial charge is 0.352 e. The topological polar surface area (TPSA) is 49.4 Å². The van der Waals surface area contributed by atoms with E-state index in [2.05, 4.69) is 10.2 Å². The molecule has 1 atom stereocenters. The van der Waals surface area contributed by atoms with Crippen molar-refractivity contribution in [2.24, 2.45) is 0 Å². The van der Waals surface area contributed by atoms with Gasteiger partial charge >= 0.3 is 0 Å². The Morgan fingerprint density at radius 3 is 2.47 bits per heavy atom. The Morgan fingerprint density at radius 1 is 1.29 bits per heavy atom. The van der Waals surface area contributed by atoms with Gasteiger partial charge in [0.2, 0.25) is 5.91 Å². The van der Waals surface area contributed by atoms with Gasteiger partial charge in [-0.3, -0.25) is 14.5 Å². The minimum atomic E-state index is -0.0938. The monoisotopic (exact) mass is 238 g/mol. The van der Waals surface area contributed by atoms with Gasteiger partial charge in [-0.25, -0.2) is 0 Å². The number of carbonyl (C=O) groups is 2. The Balaban J connectivity index is 1.79. The summed E-state index contributed by atoms with van der Waals surface area (Å²) >= 11 is 0. The molecule has 0 bridgehead atoms. The molecule has 2 fully saturated rings. The number of hydrogen-bond donors (Lipinski definition) is 1. The molecule has 1 aliphatic carbocycles. The molecule has 2 aliphatic rings. The van der Waals surface area contributed by atoms with E-state index >= 15 is 0 Å². The first kappa shape index (κ1) is 12.6. The second kappa shape index (κ2) is 5.63. The third kappa shape index (κ3) is 3.28. The normalized spacial score (nSPS) is 24.9. The Bertz CT molecular complexity index is 288. The van der Waals surface area contributed by atoms with Crippen LogP contribution in [-0.2, 0) is 9.59 Å². The number of amides is 1. The van der Waals surface area contributed by atoms with Crippen molar-refractivity contribution in [2.45, 2.75) is 57.5 Å². The highest BCUT2D eigenvalue weighted by Gasteiger charge is 2.27. The molecule has 1 aliphatic heterocycles. The first-order chi connectivity index (χ1) is 8.16. The maximum absolute atomic E-state index is 12.0. The molecular weight excluding hydrogens is 216 g/mol. The molecule has 1 unspecified atom stereocenters. The number of Topliss-reactive ketones (excluding diaryl/α,β-unsaturated/α-hetero) is 1. The molecule has 2 rings (SSSR count). The SMILES string of the molecule is CC(C(=O)NC1CCCC1)N1CCC(=O)CC1. The zero-order chi connectivity index (χ0) is 12.3. The number of carbonyl (C=O) groups excluding carboxylic acids is 2. The van der Waals surface area contributed by atoms with Crippen LogP contribution in [0.4, 0.5) is 0 Å². The van der Waals surface area contributed by atoms with E-state index in [1.807, 2.05) is 6.92 Å². The second-order valence-electron chi connectivity index (χ2n) is 5.24. The van der Waals surface area contributed by atoms with Crippen LogP contribution in [0.3, 0.4) is 0 Å². The molecule has 4 nitrogen and oxygen atoms in total. The van der Waals surface area contributed by atoms with E-state index in [1.54, 1.807) is 0 Å². The van der Waals surface area contributed by atoms with Gasteiger partial charge in [0.1, 0.15) is 5.78 Å². The predicted molar refractivity (Wildman–Crippen MR) is 65.7 cm³/mol. The minimum absolute atomic E-state index is 0.0938. The maximum atomic E-state index is 12.0. The fraction of sp³-hybridized carbons (Fsp3) is 0.846. The second-order valence-corrected chi connectivity index (χ2v) is 5.24. The van der Waals surface area contributed by atoms with Crippen molar-refractivity contribution in [3.05, 3.63) is 0 Å². The van der Waals surface area contributed by atoms with Crippen LogP contribution in [0, 0.1) is 0 Å². The summed E-state index contributed by atoms with van der Waals surface area (Å²) in [5.74, 6) is 0.455. The number of hydrogen-bond acceptors (Lipinski definition) is 3. The van der Waals surface area contributed by atoms with Gasteiger partial charge in [-0.05, 0) is 19.8 Å². The third-order valence-corrected chi connectivity index (χ3v) is 3.98. The van der Waals surface area contributed by atoms with Crippen LogP contribution in [0.25, 0.3) is 0 Å². The molecule has 0 aromatic rings. The van der Waals surface area contributed by atoms with E-state index in [9.17, 15) is 9.59 Å². The van der Waals surface area contributed by atoms with E-state index in [0.717, 1.165) is 25.9 Å². The number of ketones is 1. The van der Waals surface area contributed by atoms with Crippen molar-refractivity contribution < 1.29 is 9.59 Å². The highest BCUT2D eigenvalue weighted by atomic mass is 16.2. The lowest BCUT2D eigenvalue weighted by molar-refractivity contribution is -0.130. The van der Waals surface area contributed by atoms with E-state index in [4.69, 9.17) is 0 Å². The van der Waals surface area contributed by atoms with Crippen molar-refractivity contribution in [2.75, 3.05) is 13.1 Å². The summed E-state index contributed by atoms with van der Waals surface area (Å²) in [6.45, 7) is 3.41. The van der Waals surface area contributed by atoms with Gasteiger partial charge < -0.3 is 5.32 Å². The smallest absolute Gasteiger partial charge is 0.237 e. The zero-order valence-corrected chi connectivity index (χ0v) is 10.6. The lowest BCUT2D eigenvalue weighted by Gasteiger charge is -2.31. The number of likely N-dealkylation sites (tertiary alicyclic amines) is 1. The highest BCUT2D eigenvalue weighted by molar-refractivity contribution is 5.83. The Kier molecular flexibility index (Phi) is 4.15. The van der Waals surface area contributed by atoms with Gasteiger partial charge in [0.25, 0.3) is 0 Å². The Labute approximate surface area is 103 Å². The number of piperidine rings is 1. The van der Waals surface area contributed by atoms with Crippen LogP contribution in [0.2, 0.25) is 0 Å². The minimum Gasteiger partial charge on any atom is -0.352 e. The van der Waals surface area contributed by atoms with Gasteiger partial charge in [0.15, 0.2) is 0 Å². The molecule has 0 radical (unpaired) electrons. The molecule has 1 amide bonds. The number of rotatable bonds is 3. The molecule has 1 heterocycles. The first-order valence-electron chi connectivity index (χ1n) is 6.73. The number of nitrogens with one attached hydrogen (secondary N) is 1. The van der Waals surface area contributed by atoms with E-state index in [1.165, 1.54) is 12.8 Å². The highest BCUT2D eigenvalue weighted by Crippen LogP contribution is 2.18. The van der Waals surface area contributed by atoms with Crippen molar-refractivity contribution in [3.63, 3.8) is 0 Å². The van der Waals surface area contributed by atoms with Crippen LogP contribution in [0.1, 0.15) is 45.4 Å². The molecule has 1 saturated heterocycles. The lowest BCUT2D eigenvalue weighted by Crippen LogP contribution is -2.50. The maximum Gasteiger partial charge on any atom is 0.237 e. The van der Waals surface area contributed by atoms with Crippen molar-refractivity contribution in [1.29, 1.82) is 0 Å². The third-order valence-electron chi connectivity index (χ3n) is 3.98. The van der Waals surface area contributed by atoms with E-state index < -0.39 is 0 Å². The first-order valence-corrected chi connectivity index (χ1v) is 6.73. The fourth-order valence-electron chi connectivity index (χ4n) is 2.72. The quantitative estimate of drug-likeness (QED) is 0.801. The predicted octanol–water partition coefficient (Wildman–Crippen LogP) is 1.10. The summed E-state index contributed by atoms with van der Waals surface area (Å²) in [4.78, 5) is 25.3. The Morgan fingerprint density at radius 2 is 1.88 bits per heavy atom. The molecule has 0 aromatic carbocycles. The van der Waals surface area contributed by atoms with Gasteiger partial charge in [0, 0.05) is 32.0 Å². The molecule has 1 N–H and O–H groups in total. The Hall–Kier alpha value is -0.900. The van der Waals surface area contributed by atoms with Crippen LogP contribution < -0.4 is 5.32 Å². The molecule has 96 valence electrons. The van der Waals surface area contributed by atoms with Gasteiger partial charge in [0.05, 0.1) is 6.04 Å². The zero-order valence-electron chi connectivity index (χ0n) is 10.6. The standard InChI is InChI=1S/C13H22N2O2/c1-10(15-8-6-12(16)7-9-15)13(17)14-11-4-2-3-5-11/h10-11H,2-9H2,1H3,(H,14,17). The van der Waals surface area contributed by atoms with Crippen LogP contribution in [0.5, 0.6) is 0 Å². The summed E-state index contributed by atoms with van der Waals surface area (Å²) in [6.07, 6.45) is 5.91. The molecule has 0 spiro atoms. The fourth-order valence-corrected chi connectivity index (χ4v) is 2.72. The van der Waals surface area contributed by atoms with Gasteiger partial charge in [-0.2, -0.15) is 0 Å². The van der Waals surface area contributed by atoms with E-state index in [0.29, 0.717) is 24.7 Å². The summed E-state index contributed by atoms with van der Waals surface area (Å²) < 4.78 is 0.